The van der Waals surface area contributed by atoms with Crippen LogP contribution in [0, 0.1) is 13.8 Å². The second-order valence-corrected chi connectivity index (χ2v) is 9.25. The van der Waals surface area contributed by atoms with E-state index in [0.29, 0.717) is 31.8 Å². The van der Waals surface area contributed by atoms with Gasteiger partial charge in [-0.1, -0.05) is 48.0 Å². The summed E-state index contributed by atoms with van der Waals surface area (Å²) >= 11 is 0. The lowest BCUT2D eigenvalue weighted by Gasteiger charge is -2.29. The van der Waals surface area contributed by atoms with Crippen LogP contribution in [0.4, 0.5) is 0 Å². The van der Waals surface area contributed by atoms with E-state index in [-0.39, 0.29) is 24.5 Å². The van der Waals surface area contributed by atoms with Crippen molar-refractivity contribution in [2.75, 3.05) is 26.2 Å². The van der Waals surface area contributed by atoms with Gasteiger partial charge in [0.2, 0.25) is 5.91 Å². The molecule has 0 radical (unpaired) electrons. The quantitative estimate of drug-likeness (QED) is 0.424. The number of amides is 2. The Labute approximate surface area is 207 Å². The lowest BCUT2D eigenvalue weighted by molar-refractivity contribution is -0.133. The van der Waals surface area contributed by atoms with Crippen LogP contribution in [0.15, 0.2) is 71.1 Å². The fourth-order valence-electron chi connectivity index (χ4n) is 4.35. The van der Waals surface area contributed by atoms with Crippen molar-refractivity contribution < 1.29 is 18.7 Å². The van der Waals surface area contributed by atoms with Gasteiger partial charge in [0.1, 0.15) is 18.1 Å². The molecular formula is C29H34N2O4. The first-order valence-electron chi connectivity index (χ1n) is 12.3. The molecule has 184 valence electrons. The van der Waals surface area contributed by atoms with E-state index in [1.54, 1.807) is 9.80 Å². The zero-order chi connectivity index (χ0) is 24.6. The van der Waals surface area contributed by atoms with Crippen LogP contribution >= 0.6 is 0 Å². The number of nitrogens with zero attached hydrogens (tertiary/aromatic N) is 2. The van der Waals surface area contributed by atoms with E-state index in [1.807, 2.05) is 68.4 Å². The van der Waals surface area contributed by atoms with Gasteiger partial charge in [0.25, 0.3) is 5.91 Å². The summed E-state index contributed by atoms with van der Waals surface area (Å²) in [4.78, 5) is 30.5. The van der Waals surface area contributed by atoms with E-state index >= 15 is 0 Å². The Balaban J connectivity index is 1.51. The van der Waals surface area contributed by atoms with Gasteiger partial charge in [-0.05, 0) is 62.9 Å². The standard InChI is InChI=1S/C29H34N2O4/c1-22-10-13-25(14-11-22)29(33)31(19-26-9-6-18-34-26)21-28(32)30(20-27-15-12-23(2)35-27)17-16-24-7-4-3-5-8-24/h3-5,7-8,10-15,26H,6,9,16-21H2,1-2H3. The Hall–Kier alpha value is -3.38. The minimum Gasteiger partial charge on any atom is -0.464 e. The maximum Gasteiger partial charge on any atom is 0.254 e. The van der Waals surface area contributed by atoms with Crippen LogP contribution in [0.1, 0.15) is 45.8 Å². The van der Waals surface area contributed by atoms with E-state index in [1.165, 1.54) is 0 Å². The number of hydrogen-bond acceptors (Lipinski definition) is 4. The summed E-state index contributed by atoms with van der Waals surface area (Å²) in [5, 5.41) is 0. The Morgan fingerprint density at radius 1 is 0.943 bits per heavy atom. The molecule has 1 fully saturated rings. The van der Waals surface area contributed by atoms with E-state index in [2.05, 4.69) is 12.1 Å². The van der Waals surface area contributed by atoms with E-state index in [0.717, 1.165) is 41.9 Å². The molecule has 35 heavy (non-hydrogen) atoms. The summed E-state index contributed by atoms with van der Waals surface area (Å²) in [7, 11) is 0. The average molecular weight is 475 g/mol. The summed E-state index contributed by atoms with van der Waals surface area (Å²) in [6, 6.07) is 21.4. The Bertz CT molecular complexity index is 1100. The van der Waals surface area contributed by atoms with Crippen molar-refractivity contribution in [2.45, 2.75) is 45.8 Å². The zero-order valence-electron chi connectivity index (χ0n) is 20.6. The highest BCUT2D eigenvalue weighted by Crippen LogP contribution is 2.17. The van der Waals surface area contributed by atoms with Gasteiger partial charge in [-0.25, -0.2) is 0 Å². The SMILES string of the molecule is Cc1ccc(C(=O)N(CC(=O)N(CCc2ccccc2)Cc2ccc(C)o2)CC2CCCO2)cc1. The molecule has 0 N–H and O–H groups in total. The number of carbonyl (C=O) groups is 2. The lowest BCUT2D eigenvalue weighted by atomic mass is 10.1. The summed E-state index contributed by atoms with van der Waals surface area (Å²) in [5.74, 6) is 1.30. The van der Waals surface area contributed by atoms with Crippen LogP contribution in [-0.2, 0) is 22.5 Å². The normalized spacial score (nSPS) is 15.2. The van der Waals surface area contributed by atoms with E-state index < -0.39 is 0 Å². The lowest BCUT2D eigenvalue weighted by Crippen LogP contribution is -2.46. The summed E-state index contributed by atoms with van der Waals surface area (Å²) in [6.45, 7) is 5.89. The number of benzene rings is 2. The van der Waals surface area contributed by atoms with Gasteiger partial charge in [0.05, 0.1) is 12.6 Å². The highest BCUT2D eigenvalue weighted by molar-refractivity contribution is 5.96. The van der Waals surface area contributed by atoms with Crippen molar-refractivity contribution in [1.29, 1.82) is 0 Å². The first-order valence-corrected chi connectivity index (χ1v) is 12.3. The molecule has 6 nitrogen and oxygen atoms in total. The molecule has 3 aromatic rings. The van der Waals surface area contributed by atoms with Crippen molar-refractivity contribution in [2.24, 2.45) is 0 Å². The monoisotopic (exact) mass is 474 g/mol. The second-order valence-electron chi connectivity index (χ2n) is 9.25. The Morgan fingerprint density at radius 3 is 2.37 bits per heavy atom. The molecule has 0 aliphatic carbocycles. The fraction of sp³-hybridized carbons (Fsp3) is 0.379. The predicted octanol–water partition coefficient (Wildman–Crippen LogP) is 4.79. The molecule has 0 saturated carbocycles. The molecule has 1 aliphatic rings. The molecule has 4 rings (SSSR count). The second kappa shape index (κ2) is 11.8. The third kappa shape index (κ3) is 7.06. The summed E-state index contributed by atoms with van der Waals surface area (Å²) < 4.78 is 11.6. The maximum atomic E-state index is 13.6. The third-order valence-electron chi connectivity index (χ3n) is 6.37. The smallest absolute Gasteiger partial charge is 0.254 e. The molecule has 0 bridgehead atoms. The van der Waals surface area contributed by atoms with Gasteiger partial charge in [-0.15, -0.1) is 0 Å². The minimum absolute atomic E-state index is 0.00104. The molecule has 1 unspecified atom stereocenters. The number of rotatable bonds is 10. The number of ether oxygens (including phenoxy) is 1. The van der Waals surface area contributed by atoms with Crippen molar-refractivity contribution in [3.05, 3.63) is 94.9 Å². The predicted molar refractivity (Wildman–Crippen MR) is 135 cm³/mol. The first-order chi connectivity index (χ1) is 17.0. The number of hydrogen-bond donors (Lipinski definition) is 0. The van der Waals surface area contributed by atoms with Crippen LogP contribution in [0.3, 0.4) is 0 Å². The van der Waals surface area contributed by atoms with Crippen LogP contribution in [0.25, 0.3) is 0 Å². The van der Waals surface area contributed by atoms with Gasteiger partial charge in [0.15, 0.2) is 0 Å². The summed E-state index contributed by atoms with van der Waals surface area (Å²) in [5.41, 5.74) is 2.83. The molecule has 2 aromatic carbocycles. The number of furan rings is 1. The van der Waals surface area contributed by atoms with Gasteiger partial charge in [-0.2, -0.15) is 0 Å². The van der Waals surface area contributed by atoms with Crippen LogP contribution in [0.2, 0.25) is 0 Å². The van der Waals surface area contributed by atoms with Crippen molar-refractivity contribution in [3.8, 4) is 0 Å². The molecule has 2 heterocycles. The average Bonchev–Trinajstić information content (AvgIpc) is 3.53. The summed E-state index contributed by atoms with van der Waals surface area (Å²) in [6.07, 6.45) is 2.56. The van der Waals surface area contributed by atoms with Crippen molar-refractivity contribution in [3.63, 3.8) is 0 Å². The fourth-order valence-corrected chi connectivity index (χ4v) is 4.35. The largest absolute Gasteiger partial charge is 0.464 e. The first kappa shape index (κ1) is 24.7. The Morgan fingerprint density at radius 2 is 1.71 bits per heavy atom. The van der Waals surface area contributed by atoms with E-state index in [9.17, 15) is 9.59 Å². The Kier molecular flexibility index (Phi) is 8.37. The van der Waals surface area contributed by atoms with E-state index in [4.69, 9.17) is 9.15 Å². The molecule has 0 spiro atoms. The topological polar surface area (TPSA) is 63.0 Å². The number of aryl methyl sites for hydroxylation is 2. The molecule has 1 aliphatic heterocycles. The highest BCUT2D eigenvalue weighted by atomic mass is 16.5. The molecule has 1 atom stereocenters. The van der Waals surface area contributed by atoms with Gasteiger partial charge in [-0.3, -0.25) is 9.59 Å². The highest BCUT2D eigenvalue weighted by Gasteiger charge is 2.27. The van der Waals surface area contributed by atoms with Gasteiger partial charge in [0, 0.05) is 25.3 Å². The molecular weight excluding hydrogens is 440 g/mol. The third-order valence-corrected chi connectivity index (χ3v) is 6.37. The van der Waals surface area contributed by atoms with Crippen LogP contribution in [-0.4, -0.2) is 54.0 Å². The minimum atomic E-state index is -0.147. The molecule has 2 amide bonds. The van der Waals surface area contributed by atoms with Crippen molar-refractivity contribution >= 4 is 11.8 Å². The van der Waals surface area contributed by atoms with Gasteiger partial charge < -0.3 is 19.0 Å². The van der Waals surface area contributed by atoms with Crippen LogP contribution < -0.4 is 0 Å². The molecule has 1 aromatic heterocycles. The van der Waals surface area contributed by atoms with Crippen molar-refractivity contribution in [1.82, 2.24) is 9.80 Å². The molecule has 1 saturated heterocycles. The maximum absolute atomic E-state index is 13.6. The number of carbonyl (C=O) groups excluding carboxylic acids is 2. The van der Waals surface area contributed by atoms with Gasteiger partial charge >= 0.3 is 0 Å². The molecule has 6 heteroatoms. The van der Waals surface area contributed by atoms with Crippen LogP contribution in [0.5, 0.6) is 0 Å². The zero-order valence-corrected chi connectivity index (χ0v) is 20.6.